The van der Waals surface area contributed by atoms with Gasteiger partial charge in [-0.2, -0.15) is 4.99 Å². The number of halogens is 2. The second kappa shape index (κ2) is 6.72. The summed E-state index contributed by atoms with van der Waals surface area (Å²) in [4.78, 5) is 15.9. The zero-order valence-corrected chi connectivity index (χ0v) is 13.5. The largest absolute Gasteiger partial charge is 0.380 e. The molecule has 1 aromatic carbocycles. The predicted octanol–water partition coefficient (Wildman–Crippen LogP) is 3.49. The molecule has 0 saturated heterocycles. The van der Waals surface area contributed by atoms with Gasteiger partial charge in [-0.15, -0.1) is 0 Å². The summed E-state index contributed by atoms with van der Waals surface area (Å²) in [6, 6.07) is 3.51. The van der Waals surface area contributed by atoms with Gasteiger partial charge in [-0.05, 0) is 19.1 Å². The fourth-order valence-corrected chi connectivity index (χ4v) is 3.74. The van der Waals surface area contributed by atoms with Crippen LogP contribution in [0.4, 0.5) is 0 Å². The lowest BCUT2D eigenvalue weighted by Crippen LogP contribution is -2.19. The lowest BCUT2D eigenvalue weighted by Gasteiger charge is -2.06. The first-order valence-electron chi connectivity index (χ1n) is 6.14. The van der Waals surface area contributed by atoms with E-state index in [9.17, 15) is 4.79 Å². The van der Waals surface area contributed by atoms with Gasteiger partial charge in [0.1, 0.15) is 0 Å². The van der Waals surface area contributed by atoms with Crippen LogP contribution in [0.25, 0.3) is 10.2 Å². The zero-order valence-electron chi connectivity index (χ0n) is 11.2. The van der Waals surface area contributed by atoms with Crippen LogP contribution in [0, 0.1) is 0 Å². The molecular formula is C13H14Cl2N2O2S. The van der Waals surface area contributed by atoms with E-state index >= 15 is 0 Å². The molecule has 0 radical (unpaired) electrons. The van der Waals surface area contributed by atoms with Gasteiger partial charge < -0.3 is 9.30 Å². The molecule has 0 aliphatic rings. The molecule has 0 bridgehead atoms. The molecule has 2 aromatic rings. The Bertz CT molecular complexity index is 706. The molecule has 1 amide bonds. The van der Waals surface area contributed by atoms with Crippen molar-refractivity contribution in [3.8, 4) is 0 Å². The highest BCUT2D eigenvalue weighted by molar-refractivity contribution is 7.16. The number of amides is 1. The van der Waals surface area contributed by atoms with Gasteiger partial charge in [-0.25, -0.2) is 0 Å². The summed E-state index contributed by atoms with van der Waals surface area (Å²) in [5.74, 6) is -0.246. The van der Waals surface area contributed by atoms with E-state index in [0.717, 1.165) is 10.2 Å². The molecule has 1 heterocycles. The summed E-state index contributed by atoms with van der Waals surface area (Å²) >= 11 is 13.7. The Morgan fingerprint density at radius 1 is 1.45 bits per heavy atom. The van der Waals surface area contributed by atoms with Crippen molar-refractivity contribution in [2.24, 2.45) is 4.99 Å². The van der Waals surface area contributed by atoms with Crippen LogP contribution < -0.4 is 4.80 Å². The van der Waals surface area contributed by atoms with Crippen LogP contribution in [-0.2, 0) is 16.1 Å². The highest BCUT2D eigenvalue weighted by Crippen LogP contribution is 2.29. The average Bonchev–Trinajstić information content (AvgIpc) is 2.66. The van der Waals surface area contributed by atoms with E-state index in [1.807, 2.05) is 17.6 Å². The normalized spacial score (nSPS) is 12.3. The Morgan fingerprint density at radius 3 is 2.85 bits per heavy atom. The molecule has 0 aliphatic heterocycles. The topological polar surface area (TPSA) is 43.6 Å². The van der Waals surface area contributed by atoms with Gasteiger partial charge in [0, 0.05) is 25.1 Å². The molecule has 20 heavy (non-hydrogen) atoms. The number of aromatic nitrogens is 1. The number of hydrogen-bond donors (Lipinski definition) is 0. The number of rotatable bonds is 4. The van der Waals surface area contributed by atoms with Crippen molar-refractivity contribution in [2.75, 3.05) is 13.2 Å². The van der Waals surface area contributed by atoms with Gasteiger partial charge >= 0.3 is 0 Å². The molecule has 108 valence electrons. The van der Waals surface area contributed by atoms with E-state index in [1.54, 1.807) is 6.07 Å². The first kappa shape index (κ1) is 15.5. The highest BCUT2D eigenvalue weighted by Gasteiger charge is 2.11. The third kappa shape index (κ3) is 3.41. The van der Waals surface area contributed by atoms with Crippen LogP contribution in [0.3, 0.4) is 0 Å². The van der Waals surface area contributed by atoms with Crippen molar-refractivity contribution < 1.29 is 9.53 Å². The number of benzene rings is 1. The number of carbonyl (C=O) groups excluding carboxylic acids is 1. The number of carbonyl (C=O) groups is 1. The lowest BCUT2D eigenvalue weighted by atomic mass is 10.3. The summed E-state index contributed by atoms with van der Waals surface area (Å²) in [6.45, 7) is 5.12. The Kier molecular flexibility index (Phi) is 5.21. The van der Waals surface area contributed by atoms with Gasteiger partial charge in [-0.1, -0.05) is 34.5 Å². The van der Waals surface area contributed by atoms with Crippen molar-refractivity contribution in [1.29, 1.82) is 0 Å². The monoisotopic (exact) mass is 332 g/mol. The fraction of sp³-hybridized carbons (Fsp3) is 0.385. The molecule has 0 spiro atoms. The fourth-order valence-electron chi connectivity index (χ4n) is 1.86. The minimum Gasteiger partial charge on any atom is -0.380 e. The lowest BCUT2D eigenvalue weighted by molar-refractivity contribution is -0.116. The van der Waals surface area contributed by atoms with Crippen molar-refractivity contribution >= 4 is 50.7 Å². The van der Waals surface area contributed by atoms with Gasteiger partial charge in [0.15, 0.2) is 4.80 Å². The molecular weight excluding hydrogens is 319 g/mol. The quantitative estimate of drug-likeness (QED) is 0.804. The number of nitrogens with zero attached hydrogens (tertiary/aromatic N) is 2. The summed E-state index contributed by atoms with van der Waals surface area (Å²) in [5, 5.41) is 1.11. The van der Waals surface area contributed by atoms with Crippen molar-refractivity contribution in [3.05, 3.63) is 27.0 Å². The molecule has 0 N–H and O–H groups in total. The molecule has 0 saturated carbocycles. The summed E-state index contributed by atoms with van der Waals surface area (Å²) in [5.41, 5.74) is 0.834. The number of fused-ring (bicyclic) bond motifs is 1. The average molecular weight is 333 g/mol. The maximum atomic E-state index is 11.3. The Labute approximate surface area is 130 Å². The summed E-state index contributed by atoms with van der Waals surface area (Å²) in [6.07, 6.45) is 0. The Morgan fingerprint density at radius 2 is 2.20 bits per heavy atom. The standard InChI is InChI=1S/C13H14Cl2N2O2S/c1-3-19-5-4-17-12-10(15)6-9(14)7-11(12)20-13(17)16-8(2)18/h6-7H,3-5H2,1-2H3. The van der Waals surface area contributed by atoms with Crippen LogP contribution in [0.2, 0.25) is 10.0 Å². The van der Waals surface area contributed by atoms with E-state index in [-0.39, 0.29) is 5.91 Å². The second-order valence-electron chi connectivity index (χ2n) is 4.10. The molecule has 0 fully saturated rings. The Hall–Kier alpha value is -0.880. The van der Waals surface area contributed by atoms with E-state index in [2.05, 4.69) is 4.99 Å². The summed E-state index contributed by atoms with van der Waals surface area (Å²) in [7, 11) is 0. The number of hydrogen-bond acceptors (Lipinski definition) is 3. The third-order valence-electron chi connectivity index (χ3n) is 2.61. The minimum absolute atomic E-state index is 0.246. The van der Waals surface area contributed by atoms with Crippen molar-refractivity contribution in [1.82, 2.24) is 4.57 Å². The first-order valence-corrected chi connectivity index (χ1v) is 7.71. The molecule has 0 aliphatic carbocycles. The van der Waals surface area contributed by atoms with E-state index in [1.165, 1.54) is 18.3 Å². The maximum Gasteiger partial charge on any atom is 0.245 e. The Balaban J connectivity index is 2.62. The maximum absolute atomic E-state index is 11.3. The molecule has 4 nitrogen and oxygen atoms in total. The van der Waals surface area contributed by atoms with Crippen LogP contribution in [0.15, 0.2) is 17.1 Å². The minimum atomic E-state index is -0.246. The van der Waals surface area contributed by atoms with Crippen LogP contribution >= 0.6 is 34.5 Å². The molecule has 0 atom stereocenters. The second-order valence-corrected chi connectivity index (χ2v) is 5.95. The first-order chi connectivity index (χ1) is 9.52. The number of ether oxygens (including phenoxy) is 1. The van der Waals surface area contributed by atoms with Gasteiger partial charge in [-0.3, -0.25) is 4.79 Å². The van der Waals surface area contributed by atoms with Crippen LogP contribution in [0.5, 0.6) is 0 Å². The molecule has 7 heteroatoms. The summed E-state index contributed by atoms with van der Waals surface area (Å²) < 4.78 is 8.17. The third-order valence-corrected chi connectivity index (χ3v) is 4.14. The smallest absolute Gasteiger partial charge is 0.245 e. The van der Waals surface area contributed by atoms with E-state index < -0.39 is 0 Å². The zero-order chi connectivity index (χ0) is 14.7. The predicted molar refractivity (Wildman–Crippen MR) is 82.6 cm³/mol. The van der Waals surface area contributed by atoms with Gasteiger partial charge in [0.05, 0.1) is 21.8 Å². The van der Waals surface area contributed by atoms with E-state index in [4.69, 9.17) is 27.9 Å². The van der Waals surface area contributed by atoms with Crippen LogP contribution in [0.1, 0.15) is 13.8 Å². The SMILES string of the molecule is CCOCCn1c(=NC(C)=O)sc2cc(Cl)cc(Cl)c21. The molecule has 0 unspecified atom stereocenters. The van der Waals surface area contributed by atoms with E-state index in [0.29, 0.717) is 34.6 Å². The van der Waals surface area contributed by atoms with Crippen molar-refractivity contribution in [2.45, 2.75) is 20.4 Å². The van der Waals surface area contributed by atoms with Gasteiger partial charge in [0.25, 0.3) is 0 Å². The molecule has 1 aromatic heterocycles. The molecule has 2 rings (SSSR count). The van der Waals surface area contributed by atoms with Crippen molar-refractivity contribution in [3.63, 3.8) is 0 Å². The van der Waals surface area contributed by atoms with Crippen LogP contribution in [-0.4, -0.2) is 23.7 Å². The van der Waals surface area contributed by atoms with Gasteiger partial charge in [0.2, 0.25) is 5.91 Å². The number of thiazole rings is 1. The highest BCUT2D eigenvalue weighted by atomic mass is 35.5.